The molecule has 1 aromatic heterocycles. The fourth-order valence-electron chi connectivity index (χ4n) is 1.78. The van der Waals surface area contributed by atoms with Crippen molar-refractivity contribution in [2.24, 2.45) is 0 Å². The third-order valence-corrected chi connectivity index (χ3v) is 4.30. The van der Waals surface area contributed by atoms with Crippen molar-refractivity contribution in [3.63, 3.8) is 0 Å². The van der Waals surface area contributed by atoms with E-state index in [9.17, 15) is 9.59 Å². The molecule has 1 aromatic rings. The van der Waals surface area contributed by atoms with Crippen molar-refractivity contribution in [1.29, 1.82) is 0 Å². The van der Waals surface area contributed by atoms with Gasteiger partial charge in [0.15, 0.2) is 5.69 Å². The van der Waals surface area contributed by atoms with Gasteiger partial charge in [0.2, 0.25) is 0 Å². The summed E-state index contributed by atoms with van der Waals surface area (Å²) >= 11 is 1.42. The third kappa shape index (κ3) is 6.17. The van der Waals surface area contributed by atoms with Gasteiger partial charge in [0.05, 0.1) is 13.2 Å². The molecule has 0 radical (unpaired) electrons. The smallest absolute Gasteiger partial charge is 0.408 e. The van der Waals surface area contributed by atoms with E-state index in [2.05, 4.69) is 17.2 Å². The molecule has 0 fully saturated rings. The van der Waals surface area contributed by atoms with Crippen molar-refractivity contribution in [3.8, 4) is 0 Å². The lowest BCUT2D eigenvalue weighted by Crippen LogP contribution is -2.32. The van der Waals surface area contributed by atoms with Gasteiger partial charge in [0.25, 0.3) is 0 Å². The van der Waals surface area contributed by atoms with Crippen LogP contribution >= 0.6 is 11.3 Å². The second-order valence-electron chi connectivity index (χ2n) is 6.21. The van der Waals surface area contributed by atoms with Crippen molar-refractivity contribution in [2.45, 2.75) is 66.0 Å². The Balaban J connectivity index is 2.84. The largest absolute Gasteiger partial charge is 0.461 e. The molecule has 1 rings (SSSR count). The Hall–Kier alpha value is -1.63. The Morgan fingerprint density at radius 2 is 1.96 bits per heavy atom. The summed E-state index contributed by atoms with van der Waals surface area (Å²) in [5.74, 6) is -0.204. The monoisotopic (exact) mass is 342 g/mol. The van der Waals surface area contributed by atoms with Crippen LogP contribution in [0.4, 0.5) is 4.79 Å². The lowest BCUT2D eigenvalue weighted by Gasteiger charge is -2.19. The quantitative estimate of drug-likeness (QED) is 0.794. The highest BCUT2D eigenvalue weighted by Crippen LogP contribution is 2.29. The maximum atomic E-state index is 12.0. The second kappa shape index (κ2) is 8.29. The number of esters is 1. The molecule has 0 aromatic carbocycles. The molecule has 0 aliphatic carbocycles. The molecule has 0 bridgehead atoms. The zero-order valence-electron chi connectivity index (χ0n) is 14.7. The molecule has 0 saturated carbocycles. The van der Waals surface area contributed by atoms with E-state index in [1.165, 1.54) is 11.3 Å². The van der Waals surface area contributed by atoms with Gasteiger partial charge in [0.1, 0.15) is 10.6 Å². The van der Waals surface area contributed by atoms with Crippen LogP contribution in [0.2, 0.25) is 0 Å². The van der Waals surface area contributed by atoms with Crippen LogP contribution in [-0.4, -0.2) is 29.3 Å². The topological polar surface area (TPSA) is 77.5 Å². The summed E-state index contributed by atoms with van der Waals surface area (Å²) in [5, 5.41) is 3.32. The van der Waals surface area contributed by atoms with E-state index < -0.39 is 17.7 Å². The zero-order chi connectivity index (χ0) is 17.6. The fourth-order valence-corrected chi connectivity index (χ4v) is 2.91. The minimum absolute atomic E-state index is 0.210. The highest BCUT2D eigenvalue weighted by atomic mass is 32.1. The molecule has 6 nitrogen and oxygen atoms in total. The number of aromatic nitrogens is 1. The van der Waals surface area contributed by atoms with Gasteiger partial charge in [0, 0.05) is 4.88 Å². The highest BCUT2D eigenvalue weighted by Gasteiger charge is 2.23. The first-order chi connectivity index (χ1) is 10.7. The van der Waals surface area contributed by atoms with E-state index in [-0.39, 0.29) is 12.5 Å². The van der Waals surface area contributed by atoms with E-state index in [0.717, 1.165) is 11.3 Å². The van der Waals surface area contributed by atoms with Crippen molar-refractivity contribution >= 4 is 23.4 Å². The Kier molecular flexibility index (Phi) is 7.00. The van der Waals surface area contributed by atoms with Crippen LogP contribution < -0.4 is 5.32 Å². The Labute approximate surface area is 141 Å². The fraction of sp³-hybridized carbons (Fsp3) is 0.688. The molecular formula is C16H26N2O4S. The van der Waals surface area contributed by atoms with Gasteiger partial charge in [-0.25, -0.2) is 14.6 Å². The minimum Gasteiger partial charge on any atom is -0.461 e. The molecule has 23 heavy (non-hydrogen) atoms. The molecule has 7 heteroatoms. The average molecular weight is 342 g/mol. The van der Waals surface area contributed by atoms with E-state index in [0.29, 0.717) is 17.3 Å². The number of rotatable bonds is 6. The Morgan fingerprint density at radius 1 is 1.30 bits per heavy atom. The summed E-state index contributed by atoms with van der Waals surface area (Å²) in [5.41, 5.74) is -0.197. The van der Waals surface area contributed by atoms with Crippen LogP contribution in [0.1, 0.15) is 74.3 Å². The number of nitrogens with one attached hydrogen (secondary N) is 1. The molecule has 0 unspecified atom stereocenters. The summed E-state index contributed by atoms with van der Waals surface area (Å²) in [6.07, 6.45) is 0.392. The predicted octanol–water partition coefficient (Wildman–Crippen LogP) is 3.86. The summed E-state index contributed by atoms with van der Waals surface area (Å²) in [4.78, 5) is 29.0. The van der Waals surface area contributed by atoms with Crippen LogP contribution in [0.5, 0.6) is 0 Å². The molecule has 0 aliphatic heterocycles. The van der Waals surface area contributed by atoms with Crippen molar-refractivity contribution in [1.82, 2.24) is 10.3 Å². The van der Waals surface area contributed by atoms with Crippen molar-refractivity contribution in [2.75, 3.05) is 6.61 Å². The first-order valence-electron chi connectivity index (χ1n) is 7.81. The van der Waals surface area contributed by atoms with Gasteiger partial charge < -0.3 is 14.8 Å². The van der Waals surface area contributed by atoms with Crippen LogP contribution in [-0.2, 0) is 16.0 Å². The molecule has 1 heterocycles. The van der Waals surface area contributed by atoms with Crippen LogP contribution in [0.15, 0.2) is 0 Å². The number of thiazole rings is 1. The van der Waals surface area contributed by atoms with Crippen molar-refractivity contribution < 1.29 is 19.1 Å². The number of alkyl carbamates (subject to hydrolysis) is 1. The molecule has 1 amide bonds. The SMILES string of the molecule is CCOC(=O)c1nc(CNC(=O)OC(C)(C)C)sc1[C@@H](C)CC. The number of hydrogen-bond acceptors (Lipinski definition) is 6. The third-order valence-electron chi connectivity index (χ3n) is 3.01. The van der Waals surface area contributed by atoms with Gasteiger partial charge in [-0.3, -0.25) is 0 Å². The number of nitrogens with zero attached hydrogens (tertiary/aromatic N) is 1. The van der Waals surface area contributed by atoms with Crippen LogP contribution in [0.25, 0.3) is 0 Å². The summed E-state index contributed by atoms with van der Waals surface area (Å²) in [6, 6.07) is 0. The summed E-state index contributed by atoms with van der Waals surface area (Å²) in [7, 11) is 0. The van der Waals surface area contributed by atoms with Crippen LogP contribution in [0, 0.1) is 0 Å². The van der Waals surface area contributed by atoms with Gasteiger partial charge in [-0.05, 0) is 40.0 Å². The molecule has 130 valence electrons. The van der Waals surface area contributed by atoms with Gasteiger partial charge in [-0.2, -0.15) is 0 Å². The van der Waals surface area contributed by atoms with Crippen molar-refractivity contribution in [3.05, 3.63) is 15.6 Å². The molecule has 0 aliphatic rings. The lowest BCUT2D eigenvalue weighted by molar-refractivity contribution is 0.0514. The van der Waals surface area contributed by atoms with Crippen LogP contribution in [0.3, 0.4) is 0 Å². The zero-order valence-corrected chi connectivity index (χ0v) is 15.5. The summed E-state index contributed by atoms with van der Waals surface area (Å²) < 4.78 is 10.2. The number of hydrogen-bond donors (Lipinski definition) is 1. The Morgan fingerprint density at radius 3 is 2.48 bits per heavy atom. The first kappa shape index (κ1) is 19.4. The number of carbonyl (C=O) groups is 2. The molecule has 0 saturated heterocycles. The number of amides is 1. The van der Waals surface area contributed by atoms with Gasteiger partial charge >= 0.3 is 12.1 Å². The normalized spacial score (nSPS) is 12.6. The highest BCUT2D eigenvalue weighted by molar-refractivity contribution is 7.12. The lowest BCUT2D eigenvalue weighted by atomic mass is 10.1. The minimum atomic E-state index is -0.551. The second-order valence-corrected chi connectivity index (χ2v) is 7.32. The molecule has 1 N–H and O–H groups in total. The Bertz CT molecular complexity index is 549. The standard InChI is InChI=1S/C16H26N2O4S/c1-7-10(3)13-12(14(19)21-8-2)18-11(23-13)9-17-15(20)22-16(4,5)6/h10H,7-9H2,1-6H3,(H,17,20)/t10-/m0/s1. The predicted molar refractivity (Wildman–Crippen MR) is 89.9 cm³/mol. The number of ether oxygens (including phenoxy) is 2. The first-order valence-corrected chi connectivity index (χ1v) is 8.63. The molecule has 0 spiro atoms. The van der Waals surface area contributed by atoms with E-state index in [4.69, 9.17) is 9.47 Å². The van der Waals surface area contributed by atoms with Gasteiger partial charge in [-0.1, -0.05) is 13.8 Å². The maximum absolute atomic E-state index is 12.0. The van der Waals surface area contributed by atoms with Gasteiger partial charge in [-0.15, -0.1) is 11.3 Å². The number of carbonyl (C=O) groups excluding carboxylic acids is 2. The average Bonchev–Trinajstić information content (AvgIpc) is 2.87. The molecule has 1 atom stereocenters. The van der Waals surface area contributed by atoms with E-state index in [1.807, 2.05) is 6.92 Å². The summed E-state index contributed by atoms with van der Waals surface area (Å²) in [6.45, 7) is 11.8. The molecular weight excluding hydrogens is 316 g/mol. The van der Waals surface area contributed by atoms with E-state index in [1.54, 1.807) is 27.7 Å². The van der Waals surface area contributed by atoms with E-state index >= 15 is 0 Å². The maximum Gasteiger partial charge on any atom is 0.408 e.